The molecule has 1 atom stereocenters. The number of nitrogens with zero attached hydrogens (tertiary/aromatic N) is 3. The van der Waals surface area contributed by atoms with E-state index in [9.17, 15) is 4.79 Å². The van der Waals surface area contributed by atoms with Crippen molar-refractivity contribution in [3.8, 4) is 17.2 Å². The zero-order chi connectivity index (χ0) is 24.6. The third-order valence-electron chi connectivity index (χ3n) is 5.42. The molecule has 0 spiro atoms. The Hall–Kier alpha value is -4.14. The number of ether oxygens (including phenoxy) is 3. The van der Waals surface area contributed by atoms with E-state index in [1.54, 1.807) is 42.5 Å². The number of para-hydroxylation sites is 1. The van der Waals surface area contributed by atoms with Gasteiger partial charge < -0.3 is 19.5 Å². The third kappa shape index (κ3) is 6.47. The number of H-pyrrole nitrogens is 1. The third-order valence-corrected chi connectivity index (χ3v) is 5.42. The number of benzene rings is 2. The van der Waals surface area contributed by atoms with Crippen LogP contribution in [0.25, 0.3) is 0 Å². The number of carbonyl (C=O) groups is 1. The summed E-state index contributed by atoms with van der Waals surface area (Å²) in [5, 5.41) is 16.8. The standard InChI is InChI=1S/C26H29N5O4/c1-17(2)6-4-7-18(3)14-15-33-20-12-10-19(11-13-20)26(32)27-21-8-5-9-22-24(21)35-23(16-34-22)25-28-30-31-29-25/h5-6,8-14,23H,4,7,15-16H2,1-3H3,(H,27,32)(H,28,29,30,31)/b18-14+. The van der Waals surface area contributed by atoms with Crippen molar-refractivity contribution < 1.29 is 19.0 Å². The van der Waals surface area contributed by atoms with Crippen LogP contribution in [-0.4, -0.2) is 39.7 Å². The largest absolute Gasteiger partial charge is 0.490 e. The monoisotopic (exact) mass is 475 g/mol. The van der Waals surface area contributed by atoms with Crippen LogP contribution in [0.15, 0.2) is 65.8 Å². The second-order valence-electron chi connectivity index (χ2n) is 8.48. The molecule has 0 radical (unpaired) electrons. The molecule has 1 aliphatic rings. The van der Waals surface area contributed by atoms with Crippen molar-refractivity contribution in [2.24, 2.45) is 0 Å². The van der Waals surface area contributed by atoms with Crippen molar-refractivity contribution in [1.82, 2.24) is 20.6 Å². The molecule has 35 heavy (non-hydrogen) atoms. The van der Waals surface area contributed by atoms with Crippen molar-refractivity contribution in [1.29, 1.82) is 0 Å². The van der Waals surface area contributed by atoms with E-state index in [-0.39, 0.29) is 12.5 Å². The van der Waals surface area contributed by atoms with Crippen molar-refractivity contribution in [3.05, 3.63) is 77.2 Å². The van der Waals surface area contributed by atoms with Gasteiger partial charge in [0.1, 0.15) is 19.0 Å². The lowest BCUT2D eigenvalue weighted by Gasteiger charge is -2.26. The number of aromatic amines is 1. The molecule has 0 saturated carbocycles. The molecule has 1 amide bonds. The van der Waals surface area contributed by atoms with Crippen molar-refractivity contribution >= 4 is 11.6 Å². The van der Waals surface area contributed by atoms with Gasteiger partial charge in [-0.2, -0.15) is 5.21 Å². The van der Waals surface area contributed by atoms with Gasteiger partial charge in [-0.1, -0.05) is 28.5 Å². The van der Waals surface area contributed by atoms with Gasteiger partial charge in [-0.15, -0.1) is 10.2 Å². The van der Waals surface area contributed by atoms with Gasteiger partial charge in [0.2, 0.25) is 5.82 Å². The zero-order valence-electron chi connectivity index (χ0n) is 20.1. The van der Waals surface area contributed by atoms with Crippen molar-refractivity contribution in [3.63, 3.8) is 0 Å². The van der Waals surface area contributed by atoms with E-state index in [4.69, 9.17) is 14.2 Å². The molecule has 182 valence electrons. The van der Waals surface area contributed by atoms with Gasteiger partial charge >= 0.3 is 0 Å². The van der Waals surface area contributed by atoms with Crippen LogP contribution in [0.4, 0.5) is 5.69 Å². The fourth-order valence-corrected chi connectivity index (χ4v) is 3.49. The number of rotatable bonds is 9. The van der Waals surface area contributed by atoms with Crippen LogP contribution >= 0.6 is 0 Å². The minimum atomic E-state index is -0.527. The first kappa shape index (κ1) is 24.0. The minimum Gasteiger partial charge on any atom is -0.490 e. The molecule has 2 N–H and O–H groups in total. The first-order valence-electron chi connectivity index (χ1n) is 11.5. The molecule has 0 bridgehead atoms. The molecular formula is C26H29N5O4. The Balaban J connectivity index is 1.34. The van der Waals surface area contributed by atoms with E-state index in [2.05, 4.69) is 58.9 Å². The Morgan fingerprint density at radius 3 is 2.74 bits per heavy atom. The summed E-state index contributed by atoms with van der Waals surface area (Å²) in [6, 6.07) is 12.3. The van der Waals surface area contributed by atoms with Gasteiger partial charge in [0, 0.05) is 5.56 Å². The van der Waals surface area contributed by atoms with Crippen molar-refractivity contribution in [2.75, 3.05) is 18.5 Å². The highest BCUT2D eigenvalue weighted by atomic mass is 16.6. The first-order valence-corrected chi connectivity index (χ1v) is 11.5. The maximum atomic E-state index is 12.9. The number of amides is 1. The summed E-state index contributed by atoms with van der Waals surface area (Å²) >= 11 is 0. The average molecular weight is 476 g/mol. The Bertz CT molecular complexity index is 1200. The fraction of sp³-hybridized carbons (Fsp3) is 0.308. The number of fused-ring (bicyclic) bond motifs is 1. The SMILES string of the molecule is CC(C)=CCC/C(C)=C/COc1ccc(C(=O)Nc2cccc3c2OC(c2nn[nH]n2)CO3)cc1. The summed E-state index contributed by atoms with van der Waals surface area (Å²) in [7, 11) is 0. The van der Waals surface area contributed by atoms with Gasteiger partial charge in [0.25, 0.3) is 5.91 Å². The number of hydrogen-bond donors (Lipinski definition) is 2. The maximum absolute atomic E-state index is 12.9. The predicted molar refractivity (Wildman–Crippen MR) is 132 cm³/mol. The van der Waals surface area contributed by atoms with Crippen LogP contribution in [0.1, 0.15) is 55.9 Å². The fourth-order valence-electron chi connectivity index (χ4n) is 3.49. The van der Waals surface area contributed by atoms with Crippen LogP contribution in [0.5, 0.6) is 17.2 Å². The molecule has 9 heteroatoms. The molecule has 0 fully saturated rings. The molecular weight excluding hydrogens is 446 g/mol. The number of tetrazole rings is 1. The first-order chi connectivity index (χ1) is 17.0. The molecule has 2 aromatic carbocycles. The highest BCUT2D eigenvalue weighted by Crippen LogP contribution is 2.41. The molecule has 1 aliphatic heterocycles. The lowest BCUT2D eigenvalue weighted by Crippen LogP contribution is -2.24. The maximum Gasteiger partial charge on any atom is 0.255 e. The molecule has 3 aromatic rings. The Morgan fingerprint density at radius 1 is 1.17 bits per heavy atom. The zero-order valence-corrected chi connectivity index (χ0v) is 20.1. The van der Waals surface area contributed by atoms with E-state index in [0.717, 1.165) is 12.8 Å². The second kappa shape index (κ2) is 11.3. The van der Waals surface area contributed by atoms with E-state index in [1.807, 2.05) is 0 Å². The summed E-state index contributed by atoms with van der Waals surface area (Å²) in [6.45, 7) is 7.05. The Labute approximate surface area is 204 Å². The predicted octanol–water partition coefficient (Wildman–Crippen LogP) is 5.04. The van der Waals surface area contributed by atoms with Crippen LogP contribution in [0, 0.1) is 0 Å². The highest BCUT2D eigenvalue weighted by Gasteiger charge is 2.28. The van der Waals surface area contributed by atoms with Crippen molar-refractivity contribution in [2.45, 2.75) is 39.7 Å². The number of carbonyl (C=O) groups excluding carboxylic acids is 1. The molecule has 9 nitrogen and oxygen atoms in total. The van der Waals surface area contributed by atoms with Crippen LogP contribution in [0.3, 0.4) is 0 Å². The molecule has 0 saturated heterocycles. The lowest BCUT2D eigenvalue weighted by atomic mass is 10.1. The van der Waals surface area contributed by atoms with Crippen LogP contribution in [0.2, 0.25) is 0 Å². The molecule has 0 aliphatic carbocycles. The van der Waals surface area contributed by atoms with E-state index >= 15 is 0 Å². The van der Waals surface area contributed by atoms with Gasteiger partial charge in [-0.05, 0) is 76.1 Å². The molecule has 1 unspecified atom stereocenters. The number of aromatic nitrogens is 4. The smallest absolute Gasteiger partial charge is 0.255 e. The van der Waals surface area contributed by atoms with Gasteiger partial charge in [-0.25, -0.2) is 0 Å². The molecule has 2 heterocycles. The number of allylic oxidation sites excluding steroid dienone is 3. The van der Waals surface area contributed by atoms with Crippen LogP contribution in [-0.2, 0) is 0 Å². The summed E-state index contributed by atoms with van der Waals surface area (Å²) in [5.74, 6) is 1.77. The highest BCUT2D eigenvalue weighted by molar-refractivity contribution is 6.05. The minimum absolute atomic E-state index is 0.246. The van der Waals surface area contributed by atoms with E-state index < -0.39 is 6.10 Å². The normalized spacial score (nSPS) is 14.8. The number of nitrogens with one attached hydrogen (secondary N) is 2. The van der Waals surface area contributed by atoms with E-state index in [0.29, 0.717) is 40.9 Å². The Kier molecular flexibility index (Phi) is 7.77. The Morgan fingerprint density at radius 2 is 2.00 bits per heavy atom. The molecule has 4 rings (SSSR count). The summed E-state index contributed by atoms with van der Waals surface area (Å²) in [6.07, 6.45) is 5.84. The lowest BCUT2D eigenvalue weighted by molar-refractivity contribution is 0.0856. The topological polar surface area (TPSA) is 111 Å². The molecule has 1 aromatic heterocycles. The second-order valence-corrected chi connectivity index (χ2v) is 8.48. The average Bonchev–Trinajstić information content (AvgIpc) is 3.39. The quantitative estimate of drug-likeness (QED) is 0.417. The van der Waals surface area contributed by atoms with E-state index in [1.165, 1.54) is 11.1 Å². The summed E-state index contributed by atoms with van der Waals surface area (Å²) < 4.78 is 17.6. The summed E-state index contributed by atoms with van der Waals surface area (Å²) in [4.78, 5) is 12.9. The van der Waals surface area contributed by atoms with Gasteiger partial charge in [-0.3, -0.25) is 4.79 Å². The van der Waals surface area contributed by atoms with Crippen LogP contribution < -0.4 is 19.5 Å². The number of anilines is 1. The van der Waals surface area contributed by atoms with Gasteiger partial charge in [0.05, 0.1) is 5.69 Å². The van der Waals surface area contributed by atoms with Gasteiger partial charge in [0.15, 0.2) is 17.6 Å². The summed E-state index contributed by atoms with van der Waals surface area (Å²) in [5.41, 5.74) is 3.61. The number of hydrogen-bond acceptors (Lipinski definition) is 7.